The molecule has 1 aromatic carbocycles. The van der Waals surface area contributed by atoms with E-state index in [1.165, 1.54) is 6.07 Å². The molecule has 0 saturated heterocycles. The van der Waals surface area contributed by atoms with E-state index >= 15 is 0 Å². The number of rotatable bonds is 2. The summed E-state index contributed by atoms with van der Waals surface area (Å²) in [5.41, 5.74) is -0.389. The second-order valence-electron chi connectivity index (χ2n) is 6.37. The number of nitrogens with zero attached hydrogens (tertiary/aromatic N) is 1. The minimum Gasteiger partial charge on any atom is -0.502 e. The van der Waals surface area contributed by atoms with E-state index in [-0.39, 0.29) is 18.5 Å². The molecule has 1 aliphatic heterocycles. The number of carbonyl (C=O) groups excluding carboxylic acids is 2. The molecule has 8 nitrogen and oxygen atoms in total. The lowest BCUT2D eigenvalue weighted by Crippen LogP contribution is -2.35. The highest BCUT2D eigenvalue weighted by Crippen LogP contribution is 2.35. The lowest BCUT2D eigenvalue weighted by Gasteiger charge is -2.22. The van der Waals surface area contributed by atoms with Crippen molar-refractivity contribution in [2.75, 3.05) is 5.32 Å². The number of nitro benzene ring substituents is 1. The van der Waals surface area contributed by atoms with Crippen molar-refractivity contribution in [1.82, 2.24) is 0 Å². The Balaban J connectivity index is 2.27. The first-order chi connectivity index (χ1) is 10.6. The van der Waals surface area contributed by atoms with Crippen molar-refractivity contribution in [2.45, 2.75) is 39.2 Å². The maximum atomic E-state index is 12.2. The lowest BCUT2D eigenvalue weighted by molar-refractivity contribution is -0.385. The summed E-state index contributed by atoms with van der Waals surface area (Å²) in [5, 5.41) is 23.1. The van der Waals surface area contributed by atoms with Crippen LogP contribution in [0.4, 0.5) is 11.4 Å². The molecule has 1 unspecified atom stereocenters. The van der Waals surface area contributed by atoms with Crippen molar-refractivity contribution in [3.05, 3.63) is 27.8 Å². The van der Waals surface area contributed by atoms with E-state index in [2.05, 4.69) is 5.32 Å². The Morgan fingerprint density at radius 3 is 2.65 bits per heavy atom. The maximum Gasteiger partial charge on any atom is 0.319 e. The normalized spacial score (nSPS) is 17.7. The van der Waals surface area contributed by atoms with E-state index in [1.54, 1.807) is 20.8 Å². The predicted molar refractivity (Wildman–Crippen MR) is 81.0 cm³/mol. The highest BCUT2D eigenvalue weighted by Gasteiger charge is 2.34. The van der Waals surface area contributed by atoms with Gasteiger partial charge in [0.05, 0.1) is 4.92 Å². The zero-order valence-electron chi connectivity index (χ0n) is 13.1. The summed E-state index contributed by atoms with van der Waals surface area (Å²) in [6.45, 7) is 5.11. The van der Waals surface area contributed by atoms with Crippen LogP contribution in [0.1, 0.15) is 32.8 Å². The van der Waals surface area contributed by atoms with Crippen LogP contribution in [0, 0.1) is 16.0 Å². The highest BCUT2D eigenvalue weighted by atomic mass is 16.6. The van der Waals surface area contributed by atoms with Gasteiger partial charge in [0.25, 0.3) is 0 Å². The number of phenols is 1. The Morgan fingerprint density at radius 1 is 1.43 bits per heavy atom. The molecule has 0 aliphatic carbocycles. The third-order valence-corrected chi connectivity index (χ3v) is 3.37. The Morgan fingerprint density at radius 2 is 2.09 bits per heavy atom. The Hall–Kier alpha value is -2.64. The molecule has 0 fully saturated rings. The molecule has 23 heavy (non-hydrogen) atoms. The number of fused-ring (bicyclic) bond motifs is 1. The van der Waals surface area contributed by atoms with E-state index in [0.29, 0.717) is 5.56 Å². The van der Waals surface area contributed by atoms with Crippen molar-refractivity contribution in [1.29, 1.82) is 0 Å². The summed E-state index contributed by atoms with van der Waals surface area (Å²) < 4.78 is 5.23. The number of nitro groups is 1. The summed E-state index contributed by atoms with van der Waals surface area (Å²) in [5.74, 6) is -2.72. The Bertz CT molecular complexity index is 677. The molecule has 0 saturated carbocycles. The summed E-state index contributed by atoms with van der Waals surface area (Å²) in [6, 6.07) is 2.34. The summed E-state index contributed by atoms with van der Waals surface area (Å²) >= 11 is 0. The largest absolute Gasteiger partial charge is 0.502 e. The number of aryl methyl sites for hydroxylation is 1. The lowest BCUT2D eigenvalue weighted by atomic mass is 10.00. The fraction of sp³-hybridized carbons (Fsp3) is 0.467. The van der Waals surface area contributed by atoms with Gasteiger partial charge in [-0.1, -0.05) is 0 Å². The number of amides is 1. The summed E-state index contributed by atoms with van der Waals surface area (Å²) in [6.07, 6.45) is 0.453. The van der Waals surface area contributed by atoms with Gasteiger partial charge in [0, 0.05) is 17.8 Å². The molecule has 0 bridgehead atoms. The second kappa shape index (κ2) is 5.86. The van der Waals surface area contributed by atoms with E-state index in [9.17, 15) is 24.8 Å². The van der Waals surface area contributed by atoms with Gasteiger partial charge >= 0.3 is 11.7 Å². The number of ether oxygens (including phenoxy) is 1. The third kappa shape index (κ3) is 3.77. The molecule has 1 aromatic rings. The zero-order valence-corrected chi connectivity index (χ0v) is 13.1. The molecule has 0 aromatic heterocycles. The van der Waals surface area contributed by atoms with Crippen molar-refractivity contribution in [2.24, 2.45) is 5.92 Å². The van der Waals surface area contributed by atoms with Crippen LogP contribution in [0.15, 0.2) is 12.1 Å². The number of aromatic hydroxyl groups is 1. The molecule has 0 radical (unpaired) electrons. The average Bonchev–Trinajstić information content (AvgIpc) is 2.53. The fourth-order valence-corrected chi connectivity index (χ4v) is 2.34. The number of anilines is 1. The summed E-state index contributed by atoms with van der Waals surface area (Å²) in [7, 11) is 0. The Kier molecular flexibility index (Phi) is 4.26. The maximum absolute atomic E-state index is 12.2. The molecule has 8 heteroatoms. The minimum absolute atomic E-state index is 0.176. The standard InChI is InChI=1S/C15H18N2O6/c1-15(2,3)23-14(20)9-5-4-8-6-11(17(21)22)12(18)7-10(8)16-13(9)19/h6-7,9,18H,4-5H2,1-3H3,(H,16,19). The molecular formula is C15H18N2O6. The average molecular weight is 322 g/mol. The monoisotopic (exact) mass is 322 g/mol. The molecule has 1 amide bonds. The van der Waals surface area contributed by atoms with Crippen LogP contribution < -0.4 is 5.32 Å². The van der Waals surface area contributed by atoms with Gasteiger partial charge in [-0.2, -0.15) is 0 Å². The first-order valence-electron chi connectivity index (χ1n) is 7.12. The van der Waals surface area contributed by atoms with E-state index in [0.717, 1.165) is 6.07 Å². The first kappa shape index (κ1) is 16.7. The minimum atomic E-state index is -0.997. The van der Waals surface area contributed by atoms with Crippen molar-refractivity contribution in [3.63, 3.8) is 0 Å². The quantitative estimate of drug-likeness (QED) is 0.373. The molecule has 2 N–H and O–H groups in total. The van der Waals surface area contributed by atoms with Crippen molar-refractivity contribution >= 4 is 23.3 Å². The second-order valence-corrected chi connectivity index (χ2v) is 6.37. The van der Waals surface area contributed by atoms with Gasteiger partial charge in [-0.25, -0.2) is 0 Å². The van der Waals surface area contributed by atoms with Gasteiger partial charge in [0.1, 0.15) is 11.5 Å². The number of nitrogens with one attached hydrogen (secondary N) is 1. The van der Waals surface area contributed by atoms with Crippen LogP contribution >= 0.6 is 0 Å². The number of benzene rings is 1. The number of esters is 1. The zero-order chi connectivity index (χ0) is 17.4. The number of hydrogen-bond donors (Lipinski definition) is 2. The molecule has 1 aliphatic rings. The molecule has 1 heterocycles. The first-order valence-corrected chi connectivity index (χ1v) is 7.12. The molecule has 1 atom stereocenters. The number of phenolic OH excluding ortho intramolecular Hbond substituents is 1. The molecule has 0 spiro atoms. The summed E-state index contributed by atoms with van der Waals surface area (Å²) in [4.78, 5) is 34.5. The third-order valence-electron chi connectivity index (χ3n) is 3.37. The van der Waals surface area contributed by atoms with Crippen LogP contribution in [0.5, 0.6) is 5.75 Å². The predicted octanol–water partition coefficient (Wildman–Crippen LogP) is 2.14. The SMILES string of the molecule is CC(C)(C)OC(=O)C1CCc2cc([N+](=O)[O-])c(O)cc2NC1=O. The van der Waals surface area contributed by atoms with Gasteiger partial charge in [0.15, 0.2) is 5.75 Å². The van der Waals surface area contributed by atoms with Gasteiger partial charge in [-0.15, -0.1) is 0 Å². The highest BCUT2D eigenvalue weighted by molar-refractivity contribution is 6.06. The molecule has 2 rings (SSSR count). The van der Waals surface area contributed by atoms with Gasteiger partial charge in [-0.3, -0.25) is 19.7 Å². The van der Waals surface area contributed by atoms with Crippen molar-refractivity contribution in [3.8, 4) is 5.75 Å². The van der Waals surface area contributed by atoms with Gasteiger partial charge in [-0.05, 0) is 39.2 Å². The van der Waals surface area contributed by atoms with E-state index < -0.39 is 39.8 Å². The molecular weight excluding hydrogens is 304 g/mol. The van der Waals surface area contributed by atoms with Gasteiger partial charge in [0.2, 0.25) is 5.91 Å². The van der Waals surface area contributed by atoms with E-state index in [4.69, 9.17) is 4.74 Å². The fourth-order valence-electron chi connectivity index (χ4n) is 2.34. The van der Waals surface area contributed by atoms with Crippen molar-refractivity contribution < 1.29 is 24.4 Å². The van der Waals surface area contributed by atoms with Crippen LogP contribution in [-0.2, 0) is 20.7 Å². The number of hydrogen-bond acceptors (Lipinski definition) is 6. The Labute approximate surface area is 132 Å². The topological polar surface area (TPSA) is 119 Å². The van der Waals surface area contributed by atoms with E-state index in [1.807, 2.05) is 0 Å². The molecule has 124 valence electrons. The smallest absolute Gasteiger partial charge is 0.319 e. The van der Waals surface area contributed by atoms with Crippen LogP contribution in [-0.4, -0.2) is 27.5 Å². The van der Waals surface area contributed by atoms with Crippen LogP contribution in [0.2, 0.25) is 0 Å². The van der Waals surface area contributed by atoms with Gasteiger partial charge < -0.3 is 15.2 Å². The number of carbonyl (C=O) groups is 2. The van der Waals surface area contributed by atoms with Crippen LogP contribution in [0.25, 0.3) is 0 Å². The van der Waals surface area contributed by atoms with Crippen LogP contribution in [0.3, 0.4) is 0 Å².